The lowest BCUT2D eigenvalue weighted by atomic mass is 10.1. The highest BCUT2D eigenvalue weighted by molar-refractivity contribution is 5.99. The average molecular weight is 353 g/mol. The molecule has 2 aliphatic rings. The van der Waals surface area contributed by atoms with Crippen molar-refractivity contribution in [3.63, 3.8) is 0 Å². The molecule has 0 unspecified atom stereocenters. The Morgan fingerprint density at radius 3 is 2.58 bits per heavy atom. The van der Waals surface area contributed by atoms with Crippen LogP contribution in [0, 0.1) is 0 Å². The summed E-state index contributed by atoms with van der Waals surface area (Å²) in [6.07, 6.45) is 0. The van der Waals surface area contributed by atoms with E-state index in [0.29, 0.717) is 6.54 Å². The first-order valence-corrected chi connectivity index (χ1v) is 8.91. The molecule has 6 heteroatoms. The van der Waals surface area contributed by atoms with Gasteiger partial charge in [0.25, 0.3) is 5.91 Å². The Morgan fingerprint density at radius 2 is 1.85 bits per heavy atom. The lowest BCUT2D eigenvalue weighted by Gasteiger charge is -2.36. The number of ether oxygens (including phenoxy) is 2. The Balaban J connectivity index is 1.75. The summed E-state index contributed by atoms with van der Waals surface area (Å²) in [5.74, 6) is 1.46. The fraction of sp³-hybridized carbons (Fsp3) is 0.350. The maximum atomic E-state index is 12.6. The van der Waals surface area contributed by atoms with Gasteiger partial charge in [-0.25, -0.2) is 0 Å². The zero-order valence-electron chi connectivity index (χ0n) is 14.9. The van der Waals surface area contributed by atoms with Gasteiger partial charge in [-0.3, -0.25) is 4.79 Å². The minimum atomic E-state index is -0.0409. The molecule has 1 N–H and O–H groups in total. The number of piperazine rings is 1. The van der Waals surface area contributed by atoms with Crippen molar-refractivity contribution in [2.45, 2.75) is 6.54 Å². The van der Waals surface area contributed by atoms with Crippen LogP contribution in [-0.4, -0.2) is 45.8 Å². The topological polar surface area (TPSA) is 54.0 Å². The van der Waals surface area contributed by atoms with Crippen LogP contribution in [0.3, 0.4) is 0 Å². The molecule has 0 aliphatic carbocycles. The number of amides is 1. The smallest absolute Gasteiger partial charge is 0.265 e. The molecule has 0 bridgehead atoms. The van der Waals surface area contributed by atoms with Crippen LogP contribution >= 0.6 is 0 Å². The Morgan fingerprint density at radius 1 is 1.12 bits per heavy atom. The Kier molecular flexibility index (Phi) is 4.67. The van der Waals surface area contributed by atoms with E-state index in [2.05, 4.69) is 10.2 Å². The summed E-state index contributed by atoms with van der Waals surface area (Å²) in [5, 5.41) is 3.36. The van der Waals surface area contributed by atoms with Gasteiger partial charge in [0.05, 0.1) is 25.0 Å². The largest absolute Gasteiger partial charge is 0.497 e. The quantitative estimate of drug-likeness (QED) is 0.912. The summed E-state index contributed by atoms with van der Waals surface area (Å²) in [6, 6.07) is 13.9. The lowest BCUT2D eigenvalue weighted by molar-refractivity contribution is -0.121. The van der Waals surface area contributed by atoms with E-state index in [4.69, 9.17) is 9.47 Å². The molecule has 0 atom stereocenters. The second kappa shape index (κ2) is 7.25. The third kappa shape index (κ3) is 3.20. The fourth-order valence-corrected chi connectivity index (χ4v) is 3.47. The number of hydrogen-bond donors (Lipinski definition) is 1. The van der Waals surface area contributed by atoms with Gasteiger partial charge in [0.15, 0.2) is 12.4 Å². The van der Waals surface area contributed by atoms with Gasteiger partial charge >= 0.3 is 0 Å². The minimum Gasteiger partial charge on any atom is -0.497 e. The average Bonchev–Trinajstić information content (AvgIpc) is 2.70. The molecule has 6 nitrogen and oxygen atoms in total. The van der Waals surface area contributed by atoms with Gasteiger partial charge in [-0.05, 0) is 5.56 Å². The van der Waals surface area contributed by atoms with Crippen molar-refractivity contribution in [2.75, 3.05) is 49.7 Å². The standard InChI is InChI=1S/C20H23N3O3/c1-25-16-11-17(22-9-7-21-8-10-22)20-18(12-16)23(19(24)14-26-20)13-15-5-3-2-4-6-15/h2-6,11-12,21H,7-10,13-14H2,1H3. The molecule has 4 rings (SSSR count). The van der Waals surface area contributed by atoms with Crippen molar-refractivity contribution in [1.82, 2.24) is 5.32 Å². The predicted molar refractivity (Wildman–Crippen MR) is 101 cm³/mol. The number of carbonyl (C=O) groups excluding carboxylic acids is 1. The molecule has 1 fully saturated rings. The SMILES string of the molecule is COc1cc(N2CCNCC2)c2c(c1)N(Cc1ccccc1)C(=O)CO2. The van der Waals surface area contributed by atoms with Gasteiger partial charge in [0.2, 0.25) is 0 Å². The third-order valence-electron chi connectivity index (χ3n) is 4.83. The van der Waals surface area contributed by atoms with Gasteiger partial charge in [-0.1, -0.05) is 30.3 Å². The highest BCUT2D eigenvalue weighted by atomic mass is 16.5. The van der Waals surface area contributed by atoms with E-state index in [1.807, 2.05) is 42.5 Å². The number of benzene rings is 2. The molecule has 2 heterocycles. The highest BCUT2D eigenvalue weighted by Gasteiger charge is 2.30. The lowest BCUT2D eigenvalue weighted by Crippen LogP contribution is -2.44. The molecule has 2 aromatic carbocycles. The van der Waals surface area contributed by atoms with E-state index in [0.717, 1.165) is 54.6 Å². The van der Waals surface area contributed by atoms with E-state index < -0.39 is 0 Å². The van der Waals surface area contributed by atoms with Crippen molar-refractivity contribution in [3.8, 4) is 11.5 Å². The molecule has 26 heavy (non-hydrogen) atoms. The number of carbonyl (C=O) groups is 1. The molecular weight excluding hydrogens is 330 g/mol. The molecule has 0 radical (unpaired) electrons. The Hall–Kier alpha value is -2.73. The van der Waals surface area contributed by atoms with Crippen LogP contribution in [0.1, 0.15) is 5.56 Å². The Labute approximate surface area is 153 Å². The summed E-state index contributed by atoms with van der Waals surface area (Å²) < 4.78 is 11.4. The Bertz CT molecular complexity index is 788. The van der Waals surface area contributed by atoms with Crippen LogP contribution in [0.15, 0.2) is 42.5 Å². The second-order valence-corrected chi connectivity index (χ2v) is 6.49. The summed E-state index contributed by atoms with van der Waals surface area (Å²) in [4.78, 5) is 16.7. The molecule has 0 aromatic heterocycles. The van der Waals surface area contributed by atoms with E-state index in [9.17, 15) is 4.79 Å². The van der Waals surface area contributed by atoms with Gasteiger partial charge in [0, 0.05) is 38.3 Å². The number of nitrogens with zero attached hydrogens (tertiary/aromatic N) is 2. The van der Waals surface area contributed by atoms with Gasteiger partial charge in [-0.15, -0.1) is 0 Å². The summed E-state index contributed by atoms with van der Waals surface area (Å²) in [7, 11) is 1.65. The molecule has 136 valence electrons. The van der Waals surface area contributed by atoms with Gasteiger partial charge in [0.1, 0.15) is 5.75 Å². The molecule has 1 saturated heterocycles. The minimum absolute atomic E-state index is 0.0409. The van der Waals surface area contributed by atoms with Gasteiger partial charge < -0.3 is 24.6 Å². The zero-order valence-corrected chi connectivity index (χ0v) is 14.9. The number of fused-ring (bicyclic) bond motifs is 1. The summed E-state index contributed by atoms with van der Waals surface area (Å²) >= 11 is 0. The third-order valence-corrected chi connectivity index (χ3v) is 4.83. The maximum absolute atomic E-state index is 12.6. The first-order valence-electron chi connectivity index (χ1n) is 8.91. The van der Waals surface area contributed by atoms with Gasteiger partial charge in [-0.2, -0.15) is 0 Å². The first-order chi connectivity index (χ1) is 12.8. The van der Waals surface area contributed by atoms with Crippen LogP contribution in [0.5, 0.6) is 11.5 Å². The second-order valence-electron chi connectivity index (χ2n) is 6.49. The van der Waals surface area contributed by atoms with Crippen molar-refractivity contribution >= 4 is 17.3 Å². The van der Waals surface area contributed by atoms with Crippen molar-refractivity contribution < 1.29 is 14.3 Å². The molecule has 2 aromatic rings. The number of hydrogen-bond acceptors (Lipinski definition) is 5. The normalized spacial score (nSPS) is 16.9. The molecule has 2 aliphatic heterocycles. The molecular formula is C20H23N3O3. The molecule has 0 spiro atoms. The van der Waals surface area contributed by atoms with Crippen molar-refractivity contribution in [3.05, 3.63) is 48.0 Å². The van der Waals surface area contributed by atoms with Crippen LogP contribution in [-0.2, 0) is 11.3 Å². The monoisotopic (exact) mass is 353 g/mol. The number of nitrogens with one attached hydrogen (secondary N) is 1. The van der Waals surface area contributed by atoms with E-state index in [-0.39, 0.29) is 12.5 Å². The zero-order chi connectivity index (χ0) is 17.9. The van der Waals surface area contributed by atoms with Crippen molar-refractivity contribution in [1.29, 1.82) is 0 Å². The van der Waals surface area contributed by atoms with Crippen molar-refractivity contribution in [2.24, 2.45) is 0 Å². The van der Waals surface area contributed by atoms with E-state index in [1.54, 1.807) is 12.0 Å². The molecule has 0 saturated carbocycles. The summed E-state index contributed by atoms with van der Waals surface area (Å²) in [5.41, 5.74) is 2.85. The van der Waals surface area contributed by atoms with Crippen LogP contribution in [0.25, 0.3) is 0 Å². The number of rotatable bonds is 4. The predicted octanol–water partition coefficient (Wildman–Crippen LogP) is 2.03. The first kappa shape index (κ1) is 16.7. The summed E-state index contributed by atoms with van der Waals surface area (Å²) in [6.45, 7) is 4.23. The highest BCUT2D eigenvalue weighted by Crippen LogP contribution is 2.44. The van der Waals surface area contributed by atoms with E-state index in [1.165, 1.54) is 0 Å². The molecule has 1 amide bonds. The number of anilines is 2. The van der Waals surface area contributed by atoms with Crippen LogP contribution in [0.4, 0.5) is 11.4 Å². The fourth-order valence-electron chi connectivity index (χ4n) is 3.47. The van der Waals surface area contributed by atoms with Crippen LogP contribution < -0.4 is 24.6 Å². The number of methoxy groups -OCH3 is 1. The van der Waals surface area contributed by atoms with Crippen LogP contribution in [0.2, 0.25) is 0 Å². The van der Waals surface area contributed by atoms with E-state index >= 15 is 0 Å². The maximum Gasteiger partial charge on any atom is 0.265 e.